The number of anilines is 2. The van der Waals surface area contributed by atoms with Crippen molar-refractivity contribution in [3.8, 4) is 0 Å². The summed E-state index contributed by atoms with van der Waals surface area (Å²) in [5.41, 5.74) is 1.45. The Balaban J connectivity index is 1.79. The van der Waals surface area contributed by atoms with E-state index in [9.17, 15) is 14.4 Å². The van der Waals surface area contributed by atoms with Crippen LogP contribution in [0.2, 0.25) is 0 Å². The van der Waals surface area contributed by atoms with Crippen molar-refractivity contribution < 1.29 is 19.1 Å². The Hall–Kier alpha value is -3.49. The lowest BCUT2D eigenvalue weighted by Gasteiger charge is -2.34. The number of nitrogens with one attached hydrogen (secondary N) is 1. The van der Waals surface area contributed by atoms with Gasteiger partial charge in [-0.25, -0.2) is 14.8 Å². The summed E-state index contributed by atoms with van der Waals surface area (Å²) < 4.78 is 4.76. The third kappa shape index (κ3) is 4.68. The molecule has 29 heavy (non-hydrogen) atoms. The highest BCUT2D eigenvalue weighted by Gasteiger charge is 2.22. The van der Waals surface area contributed by atoms with Crippen LogP contribution in [-0.2, 0) is 9.53 Å². The predicted octanol–water partition coefficient (Wildman–Crippen LogP) is 1.49. The van der Waals surface area contributed by atoms with E-state index in [1.165, 1.54) is 7.11 Å². The van der Waals surface area contributed by atoms with E-state index in [0.717, 1.165) is 0 Å². The summed E-state index contributed by atoms with van der Waals surface area (Å²) in [5.74, 6) is -0.502. The lowest BCUT2D eigenvalue weighted by molar-refractivity contribution is -0.129. The third-order valence-electron chi connectivity index (χ3n) is 4.66. The summed E-state index contributed by atoms with van der Waals surface area (Å²) in [6.45, 7) is 5.69. The number of hydrogen-bond donors (Lipinski definition) is 1. The van der Waals surface area contributed by atoms with Crippen molar-refractivity contribution in [2.75, 3.05) is 43.5 Å². The Morgan fingerprint density at radius 1 is 1.07 bits per heavy atom. The SMILES string of the molecule is COC(=O)c1ccccc1NC(=O)c1cc(C)nc(N2CCN(C(C)=O)CC2)n1. The third-order valence-corrected chi connectivity index (χ3v) is 4.66. The van der Waals surface area contributed by atoms with Crippen molar-refractivity contribution >= 4 is 29.4 Å². The zero-order chi connectivity index (χ0) is 21.0. The monoisotopic (exact) mass is 397 g/mol. The van der Waals surface area contributed by atoms with E-state index in [2.05, 4.69) is 15.3 Å². The molecule has 1 aliphatic heterocycles. The highest BCUT2D eigenvalue weighted by atomic mass is 16.5. The number of carbonyl (C=O) groups is 3. The number of esters is 1. The van der Waals surface area contributed by atoms with Crippen molar-refractivity contribution in [2.45, 2.75) is 13.8 Å². The Morgan fingerprint density at radius 2 is 1.76 bits per heavy atom. The average molecular weight is 397 g/mol. The topological polar surface area (TPSA) is 105 Å². The fourth-order valence-corrected chi connectivity index (χ4v) is 3.10. The molecule has 0 bridgehead atoms. The van der Waals surface area contributed by atoms with E-state index < -0.39 is 11.9 Å². The molecule has 1 aromatic heterocycles. The molecular weight excluding hydrogens is 374 g/mol. The molecule has 1 saturated heterocycles. The van der Waals surface area contributed by atoms with Gasteiger partial charge in [0.1, 0.15) is 5.69 Å². The summed E-state index contributed by atoms with van der Waals surface area (Å²) in [4.78, 5) is 48.7. The van der Waals surface area contributed by atoms with Crippen LogP contribution in [0.3, 0.4) is 0 Å². The highest BCUT2D eigenvalue weighted by molar-refractivity contribution is 6.07. The van der Waals surface area contributed by atoms with Gasteiger partial charge >= 0.3 is 5.97 Å². The Bertz CT molecular complexity index is 938. The smallest absolute Gasteiger partial charge is 0.339 e. The minimum Gasteiger partial charge on any atom is -0.465 e. The van der Waals surface area contributed by atoms with Gasteiger partial charge in [-0.3, -0.25) is 9.59 Å². The number of nitrogens with zero attached hydrogens (tertiary/aromatic N) is 4. The van der Waals surface area contributed by atoms with Crippen LogP contribution in [-0.4, -0.2) is 65.9 Å². The maximum Gasteiger partial charge on any atom is 0.339 e. The number of rotatable bonds is 4. The first-order chi connectivity index (χ1) is 13.9. The molecule has 9 nitrogen and oxygen atoms in total. The minimum atomic E-state index is -0.538. The van der Waals surface area contributed by atoms with Crippen molar-refractivity contribution in [3.05, 3.63) is 47.3 Å². The Labute approximate surface area is 168 Å². The lowest BCUT2D eigenvalue weighted by atomic mass is 10.1. The lowest BCUT2D eigenvalue weighted by Crippen LogP contribution is -2.48. The quantitative estimate of drug-likeness (QED) is 0.780. The van der Waals surface area contributed by atoms with Gasteiger partial charge in [0, 0.05) is 38.8 Å². The molecular formula is C20H23N5O4. The first-order valence-electron chi connectivity index (χ1n) is 9.24. The van der Waals surface area contributed by atoms with Crippen LogP contribution in [0.1, 0.15) is 33.5 Å². The molecule has 3 rings (SSSR count). The molecule has 9 heteroatoms. The number of carbonyl (C=O) groups excluding carboxylic acids is 3. The van der Waals surface area contributed by atoms with E-state index in [4.69, 9.17) is 4.74 Å². The second kappa shape index (κ2) is 8.68. The van der Waals surface area contributed by atoms with Gasteiger partial charge in [-0.05, 0) is 25.1 Å². The number of aryl methyl sites for hydroxylation is 1. The zero-order valence-corrected chi connectivity index (χ0v) is 16.6. The zero-order valence-electron chi connectivity index (χ0n) is 16.6. The van der Waals surface area contributed by atoms with Crippen molar-refractivity contribution in [1.82, 2.24) is 14.9 Å². The van der Waals surface area contributed by atoms with Crippen LogP contribution < -0.4 is 10.2 Å². The van der Waals surface area contributed by atoms with Gasteiger partial charge < -0.3 is 19.9 Å². The summed E-state index contributed by atoms with van der Waals surface area (Å²) in [7, 11) is 1.28. The largest absolute Gasteiger partial charge is 0.465 e. The second-order valence-electron chi connectivity index (χ2n) is 6.68. The number of amides is 2. The van der Waals surface area contributed by atoms with Crippen molar-refractivity contribution in [1.29, 1.82) is 0 Å². The first-order valence-corrected chi connectivity index (χ1v) is 9.24. The van der Waals surface area contributed by atoms with Crippen LogP contribution in [0.4, 0.5) is 11.6 Å². The number of aromatic nitrogens is 2. The number of hydrogen-bond acceptors (Lipinski definition) is 7. The molecule has 0 spiro atoms. The molecule has 0 atom stereocenters. The molecule has 152 valence electrons. The van der Waals surface area contributed by atoms with Crippen LogP contribution in [0.5, 0.6) is 0 Å². The van der Waals surface area contributed by atoms with Gasteiger partial charge in [0.25, 0.3) is 5.91 Å². The van der Waals surface area contributed by atoms with E-state index in [-0.39, 0.29) is 17.2 Å². The molecule has 2 heterocycles. The maximum absolute atomic E-state index is 12.8. The van der Waals surface area contributed by atoms with E-state index in [0.29, 0.717) is 43.5 Å². The molecule has 0 unspecified atom stereocenters. The summed E-state index contributed by atoms with van der Waals surface area (Å²) >= 11 is 0. The molecule has 0 radical (unpaired) electrons. The molecule has 1 aliphatic rings. The molecule has 2 aromatic rings. The van der Waals surface area contributed by atoms with Gasteiger partial charge in [-0.1, -0.05) is 12.1 Å². The van der Waals surface area contributed by atoms with Crippen LogP contribution in [0, 0.1) is 6.92 Å². The van der Waals surface area contributed by atoms with E-state index in [1.54, 1.807) is 49.1 Å². The number of methoxy groups -OCH3 is 1. The van der Waals surface area contributed by atoms with Crippen LogP contribution in [0.25, 0.3) is 0 Å². The Morgan fingerprint density at radius 3 is 2.41 bits per heavy atom. The number of piperazine rings is 1. The van der Waals surface area contributed by atoms with Gasteiger partial charge in [0.2, 0.25) is 11.9 Å². The fourth-order valence-electron chi connectivity index (χ4n) is 3.10. The molecule has 1 N–H and O–H groups in total. The van der Waals surface area contributed by atoms with Gasteiger partial charge in [0.15, 0.2) is 0 Å². The Kier molecular flexibility index (Phi) is 6.06. The number of para-hydroxylation sites is 1. The fraction of sp³-hybridized carbons (Fsp3) is 0.350. The summed E-state index contributed by atoms with van der Waals surface area (Å²) in [6.07, 6.45) is 0. The molecule has 2 amide bonds. The highest BCUT2D eigenvalue weighted by Crippen LogP contribution is 2.18. The van der Waals surface area contributed by atoms with E-state index >= 15 is 0 Å². The van der Waals surface area contributed by atoms with Gasteiger partial charge in [0.05, 0.1) is 18.4 Å². The predicted molar refractivity (Wildman–Crippen MR) is 107 cm³/mol. The van der Waals surface area contributed by atoms with Gasteiger partial charge in [-0.15, -0.1) is 0 Å². The van der Waals surface area contributed by atoms with Crippen molar-refractivity contribution in [2.24, 2.45) is 0 Å². The second-order valence-corrected chi connectivity index (χ2v) is 6.68. The van der Waals surface area contributed by atoms with Crippen molar-refractivity contribution in [3.63, 3.8) is 0 Å². The van der Waals surface area contributed by atoms with E-state index in [1.807, 2.05) is 4.90 Å². The first kappa shape index (κ1) is 20.2. The maximum atomic E-state index is 12.8. The number of ether oxygens (including phenoxy) is 1. The normalized spacial score (nSPS) is 13.8. The standard InChI is InChI=1S/C20H23N5O4/c1-13-12-17(18(27)22-16-7-5-4-6-15(16)19(28)29-3)23-20(21-13)25-10-8-24(9-11-25)14(2)26/h4-7,12H,8-11H2,1-3H3,(H,22,27). The molecule has 1 fully saturated rings. The average Bonchev–Trinajstić information content (AvgIpc) is 2.73. The molecule has 1 aromatic carbocycles. The molecule has 0 saturated carbocycles. The van der Waals surface area contributed by atoms with Crippen LogP contribution >= 0.6 is 0 Å². The number of benzene rings is 1. The minimum absolute atomic E-state index is 0.0409. The summed E-state index contributed by atoms with van der Waals surface area (Å²) in [5, 5.41) is 2.72. The summed E-state index contributed by atoms with van der Waals surface area (Å²) in [6, 6.07) is 8.20. The molecule has 0 aliphatic carbocycles. The van der Waals surface area contributed by atoms with Gasteiger partial charge in [-0.2, -0.15) is 0 Å². The van der Waals surface area contributed by atoms with Crippen LogP contribution in [0.15, 0.2) is 30.3 Å².